The van der Waals surface area contributed by atoms with Gasteiger partial charge in [0, 0.05) is 25.2 Å². The highest BCUT2D eigenvalue weighted by Crippen LogP contribution is 2.17. The number of nitrogens with one attached hydrogen (secondary N) is 1. The molecule has 0 aromatic rings. The van der Waals surface area contributed by atoms with Gasteiger partial charge in [-0.1, -0.05) is 26.2 Å². The maximum absolute atomic E-state index is 12.4. The first kappa shape index (κ1) is 18.7. The molecule has 0 aliphatic heterocycles. The summed E-state index contributed by atoms with van der Waals surface area (Å²) in [5.74, 6) is 0. The molecule has 1 atom stereocenters. The average Bonchev–Trinajstić information content (AvgIpc) is 2.26. The zero-order chi connectivity index (χ0) is 14.9. The number of nitrogens with zero attached hydrogens (tertiary/aromatic N) is 1. The van der Waals surface area contributed by atoms with E-state index in [1.807, 2.05) is 0 Å². The third-order valence-electron chi connectivity index (χ3n) is 3.25. The van der Waals surface area contributed by atoms with Crippen molar-refractivity contribution in [3.63, 3.8) is 0 Å². The molecular formula is C14H29F3N2. The topological polar surface area (TPSA) is 15.3 Å². The Balaban J connectivity index is 3.86. The fraction of sp³-hybridized carbons (Fsp3) is 1.00. The minimum Gasteiger partial charge on any atom is -0.313 e. The monoisotopic (exact) mass is 282 g/mol. The first-order valence-electron chi connectivity index (χ1n) is 7.30. The van der Waals surface area contributed by atoms with Crippen LogP contribution in [0.15, 0.2) is 0 Å². The molecule has 0 bridgehead atoms. The summed E-state index contributed by atoms with van der Waals surface area (Å²) in [5.41, 5.74) is 0. The van der Waals surface area contributed by atoms with Gasteiger partial charge in [-0.2, -0.15) is 13.2 Å². The van der Waals surface area contributed by atoms with Crippen LogP contribution < -0.4 is 5.32 Å². The van der Waals surface area contributed by atoms with Crippen LogP contribution >= 0.6 is 0 Å². The molecule has 0 saturated heterocycles. The van der Waals surface area contributed by atoms with Gasteiger partial charge in [0.2, 0.25) is 0 Å². The first-order chi connectivity index (χ1) is 8.76. The van der Waals surface area contributed by atoms with Gasteiger partial charge < -0.3 is 5.32 Å². The lowest BCUT2D eigenvalue weighted by atomic mass is 10.1. The lowest BCUT2D eigenvalue weighted by Crippen LogP contribution is -2.43. The SMILES string of the molecule is CCCCCC(C)NCCN(CC(F)(F)F)C(C)C. The van der Waals surface area contributed by atoms with Gasteiger partial charge in [-0.05, 0) is 27.2 Å². The summed E-state index contributed by atoms with van der Waals surface area (Å²) in [7, 11) is 0. The summed E-state index contributed by atoms with van der Waals surface area (Å²) < 4.78 is 37.2. The molecule has 0 aromatic heterocycles. The van der Waals surface area contributed by atoms with E-state index in [1.54, 1.807) is 13.8 Å². The number of halogens is 3. The Kier molecular flexibility index (Phi) is 9.44. The largest absolute Gasteiger partial charge is 0.401 e. The molecule has 2 nitrogen and oxygen atoms in total. The predicted octanol–water partition coefficient (Wildman–Crippen LogP) is 3.82. The molecule has 19 heavy (non-hydrogen) atoms. The molecule has 0 spiro atoms. The van der Waals surface area contributed by atoms with Crippen LogP contribution in [0.3, 0.4) is 0 Å². The lowest BCUT2D eigenvalue weighted by Gasteiger charge is -2.28. The highest BCUT2D eigenvalue weighted by molar-refractivity contribution is 4.70. The van der Waals surface area contributed by atoms with E-state index in [-0.39, 0.29) is 6.04 Å². The first-order valence-corrected chi connectivity index (χ1v) is 7.30. The second-order valence-electron chi connectivity index (χ2n) is 5.53. The Labute approximate surface area is 115 Å². The van der Waals surface area contributed by atoms with Crippen LogP contribution in [0.2, 0.25) is 0 Å². The van der Waals surface area contributed by atoms with Gasteiger partial charge in [-0.15, -0.1) is 0 Å². The Hall–Kier alpha value is -0.290. The predicted molar refractivity (Wildman–Crippen MR) is 74.4 cm³/mol. The molecule has 0 radical (unpaired) electrons. The summed E-state index contributed by atoms with van der Waals surface area (Å²) in [4.78, 5) is 1.46. The fourth-order valence-corrected chi connectivity index (χ4v) is 2.01. The van der Waals surface area contributed by atoms with Gasteiger partial charge in [0.25, 0.3) is 0 Å². The summed E-state index contributed by atoms with van der Waals surface area (Å²) in [6.45, 7) is 8.09. The number of alkyl halides is 3. The normalized spacial score (nSPS) is 14.4. The van der Waals surface area contributed by atoms with Gasteiger partial charge in [0.05, 0.1) is 6.54 Å². The van der Waals surface area contributed by atoms with Crippen molar-refractivity contribution in [2.75, 3.05) is 19.6 Å². The second kappa shape index (κ2) is 9.59. The molecule has 116 valence electrons. The van der Waals surface area contributed by atoms with Crippen LogP contribution in [0.1, 0.15) is 53.4 Å². The molecular weight excluding hydrogens is 253 g/mol. The molecule has 0 rings (SSSR count). The van der Waals surface area contributed by atoms with Crippen LogP contribution in [0.4, 0.5) is 13.2 Å². The van der Waals surface area contributed by atoms with E-state index in [2.05, 4.69) is 19.2 Å². The molecule has 0 saturated carbocycles. The van der Waals surface area contributed by atoms with E-state index in [0.717, 1.165) is 6.42 Å². The molecule has 0 amide bonds. The molecule has 5 heteroatoms. The van der Waals surface area contributed by atoms with Crippen LogP contribution in [-0.2, 0) is 0 Å². The Morgan fingerprint density at radius 2 is 1.74 bits per heavy atom. The molecule has 0 aliphatic rings. The Morgan fingerprint density at radius 3 is 2.21 bits per heavy atom. The summed E-state index contributed by atoms with van der Waals surface area (Å²) >= 11 is 0. The minimum absolute atomic E-state index is 0.0844. The third kappa shape index (κ3) is 11.3. The zero-order valence-electron chi connectivity index (χ0n) is 12.7. The molecule has 0 aliphatic carbocycles. The van der Waals surface area contributed by atoms with Crippen molar-refractivity contribution in [3.8, 4) is 0 Å². The highest BCUT2D eigenvalue weighted by Gasteiger charge is 2.31. The maximum Gasteiger partial charge on any atom is 0.401 e. The fourth-order valence-electron chi connectivity index (χ4n) is 2.01. The number of hydrogen-bond acceptors (Lipinski definition) is 2. The molecule has 0 aromatic carbocycles. The van der Waals surface area contributed by atoms with Gasteiger partial charge in [-0.25, -0.2) is 0 Å². The van der Waals surface area contributed by atoms with E-state index < -0.39 is 12.7 Å². The van der Waals surface area contributed by atoms with Crippen molar-refractivity contribution in [1.82, 2.24) is 10.2 Å². The lowest BCUT2D eigenvalue weighted by molar-refractivity contribution is -0.149. The standard InChI is InChI=1S/C14H29F3N2/c1-5-6-7-8-13(4)18-9-10-19(12(2)3)11-14(15,16)17/h12-13,18H,5-11H2,1-4H3. The minimum atomic E-state index is -4.11. The Morgan fingerprint density at radius 1 is 1.11 bits per heavy atom. The number of hydrogen-bond donors (Lipinski definition) is 1. The van der Waals surface area contributed by atoms with Crippen LogP contribution in [0.5, 0.6) is 0 Å². The van der Waals surface area contributed by atoms with Crippen molar-refractivity contribution in [3.05, 3.63) is 0 Å². The van der Waals surface area contributed by atoms with Crippen LogP contribution in [0.25, 0.3) is 0 Å². The van der Waals surface area contributed by atoms with E-state index in [1.165, 1.54) is 24.2 Å². The number of unbranched alkanes of at least 4 members (excludes halogenated alkanes) is 2. The van der Waals surface area contributed by atoms with E-state index in [4.69, 9.17) is 0 Å². The molecule has 0 heterocycles. The smallest absolute Gasteiger partial charge is 0.313 e. The Bertz CT molecular complexity index is 217. The molecule has 1 N–H and O–H groups in total. The van der Waals surface area contributed by atoms with Crippen molar-refractivity contribution in [2.45, 2.75) is 71.6 Å². The van der Waals surface area contributed by atoms with E-state index >= 15 is 0 Å². The van der Waals surface area contributed by atoms with Gasteiger partial charge in [0.15, 0.2) is 0 Å². The van der Waals surface area contributed by atoms with Crippen LogP contribution in [0, 0.1) is 0 Å². The third-order valence-corrected chi connectivity index (χ3v) is 3.25. The van der Waals surface area contributed by atoms with E-state index in [0.29, 0.717) is 19.1 Å². The van der Waals surface area contributed by atoms with Crippen LogP contribution in [-0.4, -0.2) is 42.8 Å². The second-order valence-corrected chi connectivity index (χ2v) is 5.53. The van der Waals surface area contributed by atoms with Crippen molar-refractivity contribution in [2.24, 2.45) is 0 Å². The summed E-state index contributed by atoms with van der Waals surface area (Å²) in [6.07, 6.45) is 0.574. The van der Waals surface area contributed by atoms with Crippen molar-refractivity contribution >= 4 is 0 Å². The quantitative estimate of drug-likeness (QED) is 0.613. The molecule has 1 unspecified atom stereocenters. The number of rotatable bonds is 10. The molecule has 0 fully saturated rings. The van der Waals surface area contributed by atoms with Gasteiger partial charge >= 0.3 is 6.18 Å². The highest BCUT2D eigenvalue weighted by atomic mass is 19.4. The summed E-state index contributed by atoms with van der Waals surface area (Å²) in [6, 6.07) is 0.297. The van der Waals surface area contributed by atoms with Gasteiger partial charge in [-0.3, -0.25) is 4.90 Å². The zero-order valence-corrected chi connectivity index (χ0v) is 12.7. The average molecular weight is 282 g/mol. The van der Waals surface area contributed by atoms with Crippen molar-refractivity contribution in [1.29, 1.82) is 0 Å². The summed E-state index contributed by atoms with van der Waals surface area (Å²) in [5, 5.41) is 3.30. The van der Waals surface area contributed by atoms with Gasteiger partial charge in [0.1, 0.15) is 0 Å². The van der Waals surface area contributed by atoms with E-state index in [9.17, 15) is 13.2 Å². The maximum atomic E-state index is 12.4. The van der Waals surface area contributed by atoms with Crippen molar-refractivity contribution < 1.29 is 13.2 Å².